The Bertz CT molecular complexity index is 687. The fourth-order valence-corrected chi connectivity index (χ4v) is 2.91. The van der Waals surface area contributed by atoms with E-state index in [1.165, 1.54) is 19.3 Å². The zero-order chi connectivity index (χ0) is 19.8. The Hall–Kier alpha value is -2.38. The number of rotatable bonds is 8. The molecule has 0 bridgehead atoms. The van der Waals surface area contributed by atoms with Gasteiger partial charge in [-0.25, -0.2) is 0 Å². The van der Waals surface area contributed by atoms with Crippen molar-refractivity contribution in [3.05, 3.63) is 35.9 Å². The maximum Gasteiger partial charge on any atom is 0.246 e. The van der Waals surface area contributed by atoms with Gasteiger partial charge in [-0.1, -0.05) is 0 Å². The molecule has 7 heteroatoms. The second-order valence-corrected chi connectivity index (χ2v) is 6.53. The lowest BCUT2D eigenvalue weighted by molar-refractivity contribution is -0.134. The van der Waals surface area contributed by atoms with Gasteiger partial charge < -0.3 is 24.0 Å². The molecule has 1 unspecified atom stereocenters. The molecule has 2 rings (SSSR count). The predicted octanol–water partition coefficient (Wildman–Crippen LogP) is 1.62. The van der Waals surface area contributed by atoms with Gasteiger partial charge in [0.15, 0.2) is 5.78 Å². The van der Waals surface area contributed by atoms with Crippen LogP contribution >= 0.6 is 0 Å². The summed E-state index contributed by atoms with van der Waals surface area (Å²) in [5, 5.41) is 0. The summed E-state index contributed by atoms with van der Waals surface area (Å²) in [5.41, 5.74) is 0.387. The SMILES string of the molecule is CCOc1ccc(C(=O)C=CC(=O)N2CCOC(CN(C)C)C2)c(OC)c1. The third-order valence-electron chi connectivity index (χ3n) is 4.15. The van der Waals surface area contributed by atoms with Crippen LogP contribution in [0.1, 0.15) is 17.3 Å². The number of methoxy groups -OCH3 is 1. The van der Waals surface area contributed by atoms with Gasteiger partial charge in [-0.3, -0.25) is 9.59 Å². The normalized spacial score (nSPS) is 17.4. The van der Waals surface area contributed by atoms with Crippen LogP contribution in [0, 0.1) is 0 Å². The summed E-state index contributed by atoms with van der Waals surface area (Å²) in [4.78, 5) is 28.6. The number of carbonyl (C=O) groups is 2. The maximum atomic E-state index is 12.5. The standard InChI is InChI=1S/C20H28N2O5/c1-5-26-15-6-7-17(19(12-15)25-4)18(23)8-9-20(24)22-10-11-27-16(14-22)13-21(2)3/h6-9,12,16H,5,10-11,13-14H2,1-4H3. The minimum absolute atomic E-state index is 0.0204. The number of hydrogen-bond acceptors (Lipinski definition) is 6. The van der Waals surface area contributed by atoms with Crippen molar-refractivity contribution in [1.29, 1.82) is 0 Å². The van der Waals surface area contributed by atoms with Crippen LogP contribution in [0.25, 0.3) is 0 Å². The number of likely N-dealkylation sites (N-methyl/N-ethyl adjacent to an activating group) is 1. The first kappa shape index (κ1) is 20.9. The van der Waals surface area contributed by atoms with E-state index in [-0.39, 0.29) is 17.8 Å². The number of ether oxygens (including phenoxy) is 3. The number of carbonyl (C=O) groups excluding carboxylic acids is 2. The molecule has 0 aromatic heterocycles. The molecule has 1 aromatic rings. The van der Waals surface area contributed by atoms with E-state index in [1.54, 1.807) is 23.1 Å². The molecule has 148 valence electrons. The van der Waals surface area contributed by atoms with Gasteiger partial charge in [0, 0.05) is 31.8 Å². The Labute approximate surface area is 160 Å². The Morgan fingerprint density at radius 3 is 2.78 bits per heavy atom. The summed E-state index contributed by atoms with van der Waals surface area (Å²) in [6.07, 6.45) is 2.58. The third-order valence-corrected chi connectivity index (χ3v) is 4.15. The van der Waals surface area contributed by atoms with Crippen LogP contribution in [-0.4, -0.2) is 81.6 Å². The van der Waals surface area contributed by atoms with Gasteiger partial charge in [-0.15, -0.1) is 0 Å². The molecule has 0 spiro atoms. The monoisotopic (exact) mass is 376 g/mol. The fraction of sp³-hybridized carbons (Fsp3) is 0.500. The number of amides is 1. The Morgan fingerprint density at radius 2 is 2.11 bits per heavy atom. The van der Waals surface area contributed by atoms with Crippen molar-refractivity contribution in [2.75, 3.05) is 54.1 Å². The van der Waals surface area contributed by atoms with Crippen molar-refractivity contribution in [2.45, 2.75) is 13.0 Å². The molecule has 1 atom stereocenters. The van der Waals surface area contributed by atoms with Gasteiger partial charge in [0.25, 0.3) is 0 Å². The van der Waals surface area contributed by atoms with E-state index in [0.29, 0.717) is 43.4 Å². The van der Waals surface area contributed by atoms with Crippen molar-refractivity contribution in [3.63, 3.8) is 0 Å². The van der Waals surface area contributed by atoms with Crippen LogP contribution < -0.4 is 9.47 Å². The van der Waals surface area contributed by atoms with Crippen molar-refractivity contribution in [1.82, 2.24) is 9.80 Å². The molecular formula is C20H28N2O5. The highest BCUT2D eigenvalue weighted by atomic mass is 16.5. The minimum atomic E-state index is -0.290. The molecule has 1 aliphatic rings. The van der Waals surface area contributed by atoms with E-state index < -0.39 is 0 Å². The number of allylic oxidation sites excluding steroid dienone is 1. The van der Waals surface area contributed by atoms with E-state index >= 15 is 0 Å². The van der Waals surface area contributed by atoms with Crippen LogP contribution in [0.4, 0.5) is 0 Å². The lowest BCUT2D eigenvalue weighted by Crippen LogP contribution is -2.48. The van der Waals surface area contributed by atoms with Gasteiger partial charge in [0.1, 0.15) is 11.5 Å². The highest BCUT2D eigenvalue weighted by Gasteiger charge is 2.23. The van der Waals surface area contributed by atoms with E-state index in [9.17, 15) is 9.59 Å². The van der Waals surface area contributed by atoms with E-state index in [4.69, 9.17) is 14.2 Å². The van der Waals surface area contributed by atoms with E-state index in [0.717, 1.165) is 6.54 Å². The van der Waals surface area contributed by atoms with Gasteiger partial charge in [-0.05, 0) is 39.2 Å². The van der Waals surface area contributed by atoms with Crippen molar-refractivity contribution in [3.8, 4) is 11.5 Å². The molecule has 1 aromatic carbocycles. The Morgan fingerprint density at radius 1 is 1.33 bits per heavy atom. The van der Waals surface area contributed by atoms with Gasteiger partial charge in [-0.2, -0.15) is 0 Å². The molecule has 27 heavy (non-hydrogen) atoms. The molecule has 1 heterocycles. The fourth-order valence-electron chi connectivity index (χ4n) is 2.91. The zero-order valence-corrected chi connectivity index (χ0v) is 16.4. The molecule has 0 radical (unpaired) electrons. The number of nitrogens with zero attached hydrogens (tertiary/aromatic N) is 2. The summed E-state index contributed by atoms with van der Waals surface area (Å²) in [7, 11) is 5.43. The van der Waals surface area contributed by atoms with Crippen LogP contribution in [0.5, 0.6) is 11.5 Å². The molecule has 1 aliphatic heterocycles. The van der Waals surface area contributed by atoms with Crippen molar-refractivity contribution < 1.29 is 23.8 Å². The number of ketones is 1. The minimum Gasteiger partial charge on any atom is -0.496 e. The summed E-state index contributed by atoms with van der Waals surface area (Å²) < 4.78 is 16.4. The second-order valence-electron chi connectivity index (χ2n) is 6.53. The van der Waals surface area contributed by atoms with E-state index in [1.807, 2.05) is 25.9 Å². The highest BCUT2D eigenvalue weighted by molar-refractivity contribution is 6.09. The van der Waals surface area contributed by atoms with E-state index in [2.05, 4.69) is 0 Å². The van der Waals surface area contributed by atoms with Gasteiger partial charge in [0.05, 0.1) is 32.0 Å². The average Bonchev–Trinajstić information content (AvgIpc) is 2.65. The lowest BCUT2D eigenvalue weighted by Gasteiger charge is -2.33. The van der Waals surface area contributed by atoms with Crippen LogP contribution in [-0.2, 0) is 9.53 Å². The first-order valence-electron chi connectivity index (χ1n) is 9.03. The number of benzene rings is 1. The topological polar surface area (TPSA) is 68.3 Å². The molecular weight excluding hydrogens is 348 g/mol. The summed E-state index contributed by atoms with van der Waals surface area (Å²) >= 11 is 0. The maximum absolute atomic E-state index is 12.5. The van der Waals surface area contributed by atoms with Crippen molar-refractivity contribution in [2.24, 2.45) is 0 Å². The number of hydrogen-bond donors (Lipinski definition) is 0. The first-order valence-corrected chi connectivity index (χ1v) is 9.03. The summed E-state index contributed by atoms with van der Waals surface area (Å²) in [5.74, 6) is 0.563. The smallest absolute Gasteiger partial charge is 0.246 e. The quantitative estimate of drug-likeness (QED) is 0.507. The Balaban J connectivity index is 2.02. The second kappa shape index (κ2) is 10.1. The zero-order valence-electron chi connectivity index (χ0n) is 16.4. The predicted molar refractivity (Wildman–Crippen MR) is 103 cm³/mol. The summed E-state index contributed by atoms with van der Waals surface area (Å²) in [6, 6.07) is 5.02. The highest BCUT2D eigenvalue weighted by Crippen LogP contribution is 2.25. The third kappa shape index (κ3) is 6.08. The molecule has 1 fully saturated rings. The summed E-state index contributed by atoms with van der Waals surface area (Å²) in [6.45, 7) is 4.69. The lowest BCUT2D eigenvalue weighted by atomic mass is 10.1. The molecule has 0 saturated carbocycles. The van der Waals surface area contributed by atoms with Crippen LogP contribution in [0.3, 0.4) is 0 Å². The van der Waals surface area contributed by atoms with Crippen LogP contribution in [0.2, 0.25) is 0 Å². The van der Waals surface area contributed by atoms with Gasteiger partial charge in [0.2, 0.25) is 5.91 Å². The molecule has 1 amide bonds. The number of morpholine rings is 1. The Kier molecular flexibility index (Phi) is 7.82. The average molecular weight is 376 g/mol. The van der Waals surface area contributed by atoms with Gasteiger partial charge >= 0.3 is 0 Å². The molecule has 7 nitrogen and oxygen atoms in total. The molecule has 1 saturated heterocycles. The van der Waals surface area contributed by atoms with Crippen LogP contribution in [0.15, 0.2) is 30.4 Å². The molecule has 0 N–H and O–H groups in total. The van der Waals surface area contributed by atoms with Crippen molar-refractivity contribution >= 4 is 11.7 Å². The largest absolute Gasteiger partial charge is 0.496 e. The first-order chi connectivity index (χ1) is 12.9. The molecule has 0 aliphatic carbocycles.